The molecule has 4 heteroatoms. The molecule has 0 bridgehead atoms. The van der Waals surface area contributed by atoms with E-state index < -0.39 is 0 Å². The zero-order chi connectivity index (χ0) is 12.3. The standard InChI is InChI=1S/C12H18BrNO2/c1-5-8-6-9(15-3)12(16-4)10(7(2)14)11(8)13/h6-7H,5,14H2,1-4H3. The van der Waals surface area contributed by atoms with Crippen LogP contribution in [0, 0.1) is 0 Å². The molecule has 1 aromatic rings. The fraction of sp³-hybridized carbons (Fsp3) is 0.500. The smallest absolute Gasteiger partial charge is 0.166 e. The summed E-state index contributed by atoms with van der Waals surface area (Å²) >= 11 is 3.58. The van der Waals surface area contributed by atoms with E-state index >= 15 is 0 Å². The lowest BCUT2D eigenvalue weighted by atomic mass is 10.0. The first-order chi connectivity index (χ1) is 7.56. The first-order valence-electron chi connectivity index (χ1n) is 5.25. The largest absolute Gasteiger partial charge is 0.493 e. The Morgan fingerprint density at radius 2 is 2.00 bits per heavy atom. The van der Waals surface area contributed by atoms with E-state index in [2.05, 4.69) is 22.9 Å². The third-order valence-electron chi connectivity index (χ3n) is 2.55. The quantitative estimate of drug-likeness (QED) is 0.926. The van der Waals surface area contributed by atoms with Crippen molar-refractivity contribution in [3.63, 3.8) is 0 Å². The van der Waals surface area contributed by atoms with Crippen LogP contribution in [0.25, 0.3) is 0 Å². The van der Waals surface area contributed by atoms with Crippen molar-refractivity contribution in [3.8, 4) is 11.5 Å². The summed E-state index contributed by atoms with van der Waals surface area (Å²) in [6.45, 7) is 4.03. The minimum atomic E-state index is -0.107. The normalized spacial score (nSPS) is 12.4. The van der Waals surface area contributed by atoms with Gasteiger partial charge in [0.1, 0.15) is 0 Å². The van der Waals surface area contributed by atoms with Crippen molar-refractivity contribution in [2.45, 2.75) is 26.3 Å². The molecular weight excluding hydrogens is 270 g/mol. The van der Waals surface area contributed by atoms with Gasteiger partial charge in [0.05, 0.1) is 14.2 Å². The fourth-order valence-corrected chi connectivity index (χ4v) is 2.65. The Hall–Kier alpha value is -0.740. The number of hydrogen-bond acceptors (Lipinski definition) is 3. The second kappa shape index (κ2) is 5.55. The lowest BCUT2D eigenvalue weighted by Crippen LogP contribution is -2.10. The fourth-order valence-electron chi connectivity index (χ4n) is 1.72. The van der Waals surface area contributed by atoms with Gasteiger partial charge in [0, 0.05) is 16.1 Å². The zero-order valence-corrected chi connectivity index (χ0v) is 11.7. The van der Waals surface area contributed by atoms with Crippen LogP contribution in [0.4, 0.5) is 0 Å². The van der Waals surface area contributed by atoms with Crippen molar-refractivity contribution in [1.82, 2.24) is 0 Å². The summed E-state index contributed by atoms with van der Waals surface area (Å²) in [7, 11) is 3.26. The predicted molar refractivity (Wildman–Crippen MR) is 69.2 cm³/mol. The van der Waals surface area contributed by atoms with Gasteiger partial charge in [-0.3, -0.25) is 0 Å². The molecule has 1 unspecified atom stereocenters. The molecule has 0 saturated heterocycles. The molecule has 3 nitrogen and oxygen atoms in total. The van der Waals surface area contributed by atoms with E-state index in [1.165, 1.54) is 5.56 Å². The molecule has 0 aromatic heterocycles. The Labute approximate surface area is 105 Å². The number of rotatable bonds is 4. The molecule has 0 amide bonds. The number of methoxy groups -OCH3 is 2. The Morgan fingerprint density at radius 1 is 1.38 bits per heavy atom. The molecule has 0 radical (unpaired) electrons. The lowest BCUT2D eigenvalue weighted by Gasteiger charge is -2.19. The monoisotopic (exact) mass is 287 g/mol. The molecule has 0 aliphatic heterocycles. The number of nitrogens with two attached hydrogens (primary N) is 1. The van der Waals surface area contributed by atoms with Crippen molar-refractivity contribution >= 4 is 15.9 Å². The maximum absolute atomic E-state index is 5.97. The van der Waals surface area contributed by atoms with E-state index in [4.69, 9.17) is 15.2 Å². The molecule has 0 aliphatic carbocycles. The molecule has 0 spiro atoms. The van der Waals surface area contributed by atoms with Crippen molar-refractivity contribution < 1.29 is 9.47 Å². The molecular formula is C12H18BrNO2. The van der Waals surface area contributed by atoms with Crippen LogP contribution in [0.3, 0.4) is 0 Å². The van der Waals surface area contributed by atoms with Gasteiger partial charge in [0.15, 0.2) is 11.5 Å². The average Bonchev–Trinajstić information content (AvgIpc) is 2.27. The second-order valence-corrected chi connectivity index (χ2v) is 4.43. The molecule has 0 heterocycles. The van der Waals surface area contributed by atoms with Crippen molar-refractivity contribution in [3.05, 3.63) is 21.7 Å². The van der Waals surface area contributed by atoms with Gasteiger partial charge in [0.25, 0.3) is 0 Å². The highest BCUT2D eigenvalue weighted by Crippen LogP contribution is 2.41. The Bertz CT molecular complexity index is 378. The Kier molecular flexibility index (Phi) is 4.62. The van der Waals surface area contributed by atoms with Gasteiger partial charge in [0.2, 0.25) is 0 Å². The zero-order valence-electron chi connectivity index (χ0n) is 10.1. The van der Waals surface area contributed by atoms with Crippen LogP contribution in [0.1, 0.15) is 31.0 Å². The predicted octanol–water partition coefficient (Wildman–Crippen LogP) is 3.05. The van der Waals surface area contributed by atoms with Crippen molar-refractivity contribution in [1.29, 1.82) is 0 Å². The Balaban J connectivity index is 3.51. The molecule has 0 fully saturated rings. The third-order valence-corrected chi connectivity index (χ3v) is 3.49. The van der Waals surface area contributed by atoms with Crippen LogP contribution in [-0.2, 0) is 6.42 Å². The maximum atomic E-state index is 5.97. The minimum Gasteiger partial charge on any atom is -0.493 e. The highest BCUT2D eigenvalue weighted by Gasteiger charge is 2.19. The van der Waals surface area contributed by atoms with Gasteiger partial charge < -0.3 is 15.2 Å². The highest BCUT2D eigenvalue weighted by atomic mass is 79.9. The molecule has 0 aliphatic rings. The van der Waals surface area contributed by atoms with Gasteiger partial charge >= 0.3 is 0 Å². The van der Waals surface area contributed by atoms with E-state index in [1.54, 1.807) is 14.2 Å². The number of hydrogen-bond donors (Lipinski definition) is 1. The van der Waals surface area contributed by atoms with E-state index in [1.807, 2.05) is 13.0 Å². The summed E-state index contributed by atoms with van der Waals surface area (Å²) in [5.74, 6) is 1.44. The van der Waals surface area contributed by atoms with Crippen LogP contribution < -0.4 is 15.2 Å². The summed E-state index contributed by atoms with van der Waals surface area (Å²) in [5.41, 5.74) is 8.10. The molecule has 1 aromatic carbocycles. The summed E-state index contributed by atoms with van der Waals surface area (Å²) in [4.78, 5) is 0. The van der Waals surface area contributed by atoms with Crippen LogP contribution in [0.15, 0.2) is 10.5 Å². The third kappa shape index (κ3) is 2.33. The van der Waals surface area contributed by atoms with Crippen LogP contribution in [-0.4, -0.2) is 14.2 Å². The highest BCUT2D eigenvalue weighted by molar-refractivity contribution is 9.10. The number of benzene rings is 1. The van der Waals surface area contributed by atoms with Gasteiger partial charge in [-0.25, -0.2) is 0 Å². The van der Waals surface area contributed by atoms with Crippen LogP contribution >= 0.6 is 15.9 Å². The van der Waals surface area contributed by atoms with Gasteiger partial charge in [-0.15, -0.1) is 0 Å². The molecule has 90 valence electrons. The molecule has 16 heavy (non-hydrogen) atoms. The lowest BCUT2D eigenvalue weighted by molar-refractivity contribution is 0.349. The summed E-state index contributed by atoms with van der Waals surface area (Å²) in [6.07, 6.45) is 0.917. The number of aryl methyl sites for hydroxylation is 1. The molecule has 0 saturated carbocycles. The Morgan fingerprint density at radius 3 is 2.38 bits per heavy atom. The summed E-state index contributed by atoms with van der Waals surface area (Å²) < 4.78 is 11.7. The van der Waals surface area contributed by atoms with E-state index in [0.29, 0.717) is 5.75 Å². The molecule has 2 N–H and O–H groups in total. The van der Waals surface area contributed by atoms with Crippen molar-refractivity contribution in [2.24, 2.45) is 5.73 Å². The number of ether oxygens (including phenoxy) is 2. The first kappa shape index (κ1) is 13.3. The maximum Gasteiger partial charge on any atom is 0.166 e. The SMILES string of the molecule is CCc1cc(OC)c(OC)c(C(C)N)c1Br. The second-order valence-electron chi connectivity index (χ2n) is 3.64. The van der Waals surface area contributed by atoms with Gasteiger partial charge in [-0.2, -0.15) is 0 Å². The van der Waals surface area contributed by atoms with Gasteiger partial charge in [-0.05, 0) is 25.0 Å². The first-order valence-corrected chi connectivity index (χ1v) is 6.04. The van der Waals surface area contributed by atoms with Crippen LogP contribution in [0.2, 0.25) is 0 Å². The topological polar surface area (TPSA) is 44.5 Å². The van der Waals surface area contributed by atoms with Crippen LogP contribution in [0.5, 0.6) is 11.5 Å². The van der Waals surface area contributed by atoms with E-state index in [9.17, 15) is 0 Å². The summed E-state index contributed by atoms with van der Waals surface area (Å²) in [5, 5.41) is 0. The number of halogens is 1. The van der Waals surface area contributed by atoms with Gasteiger partial charge in [-0.1, -0.05) is 22.9 Å². The average molecular weight is 288 g/mol. The molecule has 1 rings (SSSR count). The summed E-state index contributed by atoms with van der Waals surface area (Å²) in [6, 6.07) is 1.87. The van der Waals surface area contributed by atoms with E-state index in [0.717, 1.165) is 22.2 Å². The minimum absolute atomic E-state index is 0.107. The van der Waals surface area contributed by atoms with Crippen molar-refractivity contribution in [2.75, 3.05) is 14.2 Å². The van der Waals surface area contributed by atoms with E-state index in [-0.39, 0.29) is 6.04 Å². The molecule has 1 atom stereocenters.